The molecule has 1 aliphatic heterocycles. The highest BCUT2D eigenvalue weighted by atomic mass is 16.7. The van der Waals surface area contributed by atoms with E-state index < -0.39 is 5.97 Å². The van der Waals surface area contributed by atoms with Crippen LogP contribution in [0.4, 0.5) is 0 Å². The van der Waals surface area contributed by atoms with Crippen LogP contribution in [0.2, 0.25) is 0 Å². The smallest absolute Gasteiger partial charge is 0.331 e. The average molecular weight is 392 g/mol. The van der Waals surface area contributed by atoms with Gasteiger partial charge in [-0.1, -0.05) is 49.3 Å². The van der Waals surface area contributed by atoms with Crippen molar-refractivity contribution < 1.29 is 23.5 Å². The molecule has 7 nitrogen and oxygen atoms in total. The van der Waals surface area contributed by atoms with Crippen molar-refractivity contribution >= 4 is 12.0 Å². The predicted octanol–water partition coefficient (Wildman–Crippen LogP) is 4.35. The van der Waals surface area contributed by atoms with Gasteiger partial charge in [0.2, 0.25) is 12.6 Å². The van der Waals surface area contributed by atoms with Gasteiger partial charge in [0.05, 0.1) is 0 Å². The number of hydrogen-bond acceptors (Lipinski definition) is 7. The van der Waals surface area contributed by atoms with E-state index in [2.05, 4.69) is 24.0 Å². The number of carbonyl (C=O) groups excluding carboxylic acids is 1. The SMILES string of the molecule is CC(C)c1ccc(-c2noc(COC(=O)/C=C/c3ccc4c(c3)OCO4)n2)cc1. The molecule has 0 unspecified atom stereocenters. The van der Waals surface area contributed by atoms with E-state index in [9.17, 15) is 4.79 Å². The summed E-state index contributed by atoms with van der Waals surface area (Å²) >= 11 is 0. The molecule has 0 aliphatic carbocycles. The molecule has 2 heterocycles. The van der Waals surface area contributed by atoms with E-state index >= 15 is 0 Å². The number of nitrogens with zero attached hydrogens (tertiary/aromatic N) is 2. The molecule has 4 rings (SSSR count). The van der Waals surface area contributed by atoms with E-state index in [4.69, 9.17) is 18.7 Å². The molecule has 0 fully saturated rings. The van der Waals surface area contributed by atoms with Crippen molar-refractivity contribution in [2.45, 2.75) is 26.4 Å². The van der Waals surface area contributed by atoms with Gasteiger partial charge in [-0.25, -0.2) is 4.79 Å². The largest absolute Gasteiger partial charge is 0.454 e. The summed E-state index contributed by atoms with van der Waals surface area (Å²) < 4.78 is 20.9. The Kier molecular flexibility index (Phi) is 5.29. The molecule has 1 aromatic heterocycles. The van der Waals surface area contributed by atoms with Crippen molar-refractivity contribution in [3.8, 4) is 22.9 Å². The van der Waals surface area contributed by atoms with Crippen LogP contribution in [-0.4, -0.2) is 22.9 Å². The number of esters is 1. The topological polar surface area (TPSA) is 83.7 Å². The van der Waals surface area contributed by atoms with Gasteiger partial charge in [0.1, 0.15) is 0 Å². The molecule has 0 spiro atoms. The van der Waals surface area contributed by atoms with Crippen LogP contribution in [0.1, 0.15) is 36.8 Å². The summed E-state index contributed by atoms with van der Waals surface area (Å²) in [4.78, 5) is 16.2. The summed E-state index contributed by atoms with van der Waals surface area (Å²) in [5.41, 5.74) is 2.88. The number of fused-ring (bicyclic) bond motifs is 1. The second-order valence-corrected chi connectivity index (χ2v) is 6.84. The van der Waals surface area contributed by atoms with Crippen LogP contribution in [-0.2, 0) is 16.1 Å². The molecule has 148 valence electrons. The van der Waals surface area contributed by atoms with Gasteiger partial charge in [-0.3, -0.25) is 0 Å². The van der Waals surface area contributed by atoms with Crippen molar-refractivity contribution in [1.29, 1.82) is 0 Å². The van der Waals surface area contributed by atoms with Gasteiger partial charge in [0.15, 0.2) is 18.1 Å². The second kappa shape index (κ2) is 8.18. The summed E-state index contributed by atoms with van der Waals surface area (Å²) in [7, 11) is 0. The summed E-state index contributed by atoms with van der Waals surface area (Å²) in [6.07, 6.45) is 2.97. The van der Waals surface area contributed by atoms with Crippen LogP contribution in [0.3, 0.4) is 0 Å². The van der Waals surface area contributed by atoms with Gasteiger partial charge in [0.25, 0.3) is 5.89 Å². The molecule has 0 atom stereocenters. The van der Waals surface area contributed by atoms with Crippen molar-refractivity contribution in [2.75, 3.05) is 6.79 Å². The Morgan fingerprint density at radius 2 is 1.93 bits per heavy atom. The fourth-order valence-electron chi connectivity index (χ4n) is 2.81. The fraction of sp³-hybridized carbons (Fsp3) is 0.227. The van der Waals surface area contributed by atoms with Crippen LogP contribution in [0.5, 0.6) is 11.5 Å². The minimum atomic E-state index is -0.510. The number of rotatable bonds is 6. The maximum absolute atomic E-state index is 11.9. The number of hydrogen-bond donors (Lipinski definition) is 0. The zero-order valence-corrected chi connectivity index (χ0v) is 16.1. The Labute approximate surface area is 167 Å². The maximum atomic E-state index is 11.9. The number of ether oxygens (including phenoxy) is 3. The molecule has 0 bridgehead atoms. The molecular formula is C22H20N2O5. The fourth-order valence-corrected chi connectivity index (χ4v) is 2.81. The standard InChI is InChI=1S/C22H20N2O5/c1-14(2)16-5-7-17(8-6-16)22-23-20(29-24-22)12-26-21(25)10-4-15-3-9-18-19(11-15)28-13-27-18/h3-11,14H,12-13H2,1-2H3/b10-4+. The molecule has 2 aromatic carbocycles. The van der Waals surface area contributed by atoms with E-state index in [1.807, 2.05) is 30.3 Å². The van der Waals surface area contributed by atoms with E-state index in [1.54, 1.807) is 18.2 Å². The zero-order chi connectivity index (χ0) is 20.2. The molecule has 7 heteroatoms. The van der Waals surface area contributed by atoms with Crippen molar-refractivity contribution in [1.82, 2.24) is 10.1 Å². The van der Waals surface area contributed by atoms with Gasteiger partial charge >= 0.3 is 5.97 Å². The molecule has 0 amide bonds. The first-order chi connectivity index (χ1) is 14.1. The molecule has 0 saturated heterocycles. The van der Waals surface area contributed by atoms with E-state index in [1.165, 1.54) is 11.6 Å². The lowest BCUT2D eigenvalue weighted by Gasteiger charge is -2.04. The number of aromatic nitrogens is 2. The molecule has 29 heavy (non-hydrogen) atoms. The van der Waals surface area contributed by atoms with Crippen molar-refractivity contribution in [3.63, 3.8) is 0 Å². The monoisotopic (exact) mass is 392 g/mol. The third-order valence-corrected chi connectivity index (χ3v) is 4.45. The molecule has 0 N–H and O–H groups in total. The Balaban J connectivity index is 1.33. The van der Waals surface area contributed by atoms with Crippen LogP contribution < -0.4 is 9.47 Å². The van der Waals surface area contributed by atoms with E-state index in [-0.39, 0.29) is 19.3 Å². The molecule has 0 radical (unpaired) electrons. The quantitative estimate of drug-likeness (QED) is 0.456. The Hall–Kier alpha value is -3.61. The zero-order valence-electron chi connectivity index (χ0n) is 16.1. The average Bonchev–Trinajstić information content (AvgIpc) is 3.39. The lowest BCUT2D eigenvalue weighted by molar-refractivity contribution is -0.139. The van der Waals surface area contributed by atoms with Crippen LogP contribution >= 0.6 is 0 Å². The maximum Gasteiger partial charge on any atom is 0.331 e. The Morgan fingerprint density at radius 3 is 2.72 bits per heavy atom. The molecule has 0 saturated carbocycles. The number of carbonyl (C=O) groups is 1. The lowest BCUT2D eigenvalue weighted by Crippen LogP contribution is -2.01. The lowest BCUT2D eigenvalue weighted by atomic mass is 10.0. The van der Waals surface area contributed by atoms with Gasteiger partial charge in [-0.05, 0) is 35.3 Å². The first-order valence-corrected chi connectivity index (χ1v) is 9.26. The van der Waals surface area contributed by atoms with Gasteiger partial charge in [-0.15, -0.1) is 0 Å². The first-order valence-electron chi connectivity index (χ1n) is 9.26. The molecular weight excluding hydrogens is 372 g/mol. The predicted molar refractivity (Wildman–Crippen MR) is 105 cm³/mol. The van der Waals surface area contributed by atoms with Gasteiger partial charge < -0.3 is 18.7 Å². The van der Waals surface area contributed by atoms with Gasteiger partial charge in [0, 0.05) is 11.6 Å². The second-order valence-electron chi connectivity index (χ2n) is 6.84. The summed E-state index contributed by atoms with van der Waals surface area (Å²) in [5.74, 6) is 1.98. The molecule has 1 aliphatic rings. The van der Waals surface area contributed by atoms with Crippen molar-refractivity contribution in [3.05, 3.63) is 65.6 Å². The summed E-state index contributed by atoms with van der Waals surface area (Å²) in [6, 6.07) is 13.4. The van der Waals surface area contributed by atoms with E-state index in [0.29, 0.717) is 23.2 Å². The summed E-state index contributed by atoms with van der Waals surface area (Å²) in [5, 5.41) is 3.94. The first kappa shape index (κ1) is 18.7. The van der Waals surface area contributed by atoms with Crippen molar-refractivity contribution in [2.24, 2.45) is 0 Å². The summed E-state index contributed by atoms with van der Waals surface area (Å²) in [6.45, 7) is 4.38. The van der Waals surface area contributed by atoms with Crippen LogP contribution in [0, 0.1) is 0 Å². The van der Waals surface area contributed by atoms with Crippen LogP contribution in [0.15, 0.2) is 53.1 Å². The highest BCUT2D eigenvalue weighted by molar-refractivity contribution is 5.87. The highest BCUT2D eigenvalue weighted by Crippen LogP contribution is 2.32. The Bertz CT molecular complexity index is 1040. The molecule has 3 aromatic rings. The van der Waals surface area contributed by atoms with E-state index in [0.717, 1.165) is 11.1 Å². The normalized spacial score (nSPS) is 12.7. The number of benzene rings is 2. The van der Waals surface area contributed by atoms with Gasteiger partial charge in [-0.2, -0.15) is 4.98 Å². The minimum Gasteiger partial charge on any atom is -0.454 e. The third-order valence-electron chi connectivity index (χ3n) is 4.45. The third kappa shape index (κ3) is 4.45. The van der Waals surface area contributed by atoms with Crippen LogP contribution in [0.25, 0.3) is 17.5 Å². The Morgan fingerprint density at radius 1 is 1.14 bits per heavy atom. The minimum absolute atomic E-state index is 0.0958. The highest BCUT2D eigenvalue weighted by Gasteiger charge is 2.13.